The number of benzene rings is 2. The van der Waals surface area contributed by atoms with E-state index >= 15 is 0 Å². The van der Waals surface area contributed by atoms with Gasteiger partial charge in [-0.05, 0) is 62.8 Å². The summed E-state index contributed by atoms with van der Waals surface area (Å²) >= 11 is 0. The Hall–Kier alpha value is -2.71. The van der Waals surface area contributed by atoms with Gasteiger partial charge in [0.05, 0.1) is 4.90 Å². The molecule has 3 rings (SSSR count). The maximum absolute atomic E-state index is 12.4. The van der Waals surface area contributed by atoms with E-state index in [1.165, 1.54) is 0 Å². The summed E-state index contributed by atoms with van der Waals surface area (Å²) in [5.41, 5.74) is 6.42. The summed E-state index contributed by atoms with van der Waals surface area (Å²) in [6.45, 7) is 2.26. The smallest absolute Gasteiger partial charge is 0.269 e. The Kier molecular flexibility index (Phi) is 7.23. The highest BCUT2D eigenvalue weighted by Gasteiger charge is 2.27. The molecule has 0 radical (unpaired) electrons. The normalized spacial score (nSPS) is 19.1. The minimum Gasteiger partial charge on any atom is -0.273 e. The molecule has 0 aromatic heterocycles. The summed E-state index contributed by atoms with van der Waals surface area (Å²) < 4.78 is 27.5. The first-order valence-corrected chi connectivity index (χ1v) is 11.5. The Bertz CT molecular complexity index is 967. The van der Waals surface area contributed by atoms with Crippen LogP contribution in [0, 0.1) is 18.8 Å². The molecular formula is C22H27N3O4S. The molecule has 0 bridgehead atoms. The number of hydrazine groups is 1. The highest BCUT2D eigenvalue weighted by molar-refractivity contribution is 7.89. The van der Waals surface area contributed by atoms with Crippen LogP contribution in [0.15, 0.2) is 59.5 Å². The Morgan fingerprint density at radius 1 is 0.900 bits per heavy atom. The first-order chi connectivity index (χ1) is 14.3. The molecule has 0 spiro atoms. The topological polar surface area (TPSA) is 104 Å². The van der Waals surface area contributed by atoms with Crippen molar-refractivity contribution in [1.29, 1.82) is 0 Å². The Labute approximate surface area is 177 Å². The molecule has 0 unspecified atom stereocenters. The van der Waals surface area contributed by atoms with Crippen LogP contribution in [0.25, 0.3) is 0 Å². The second kappa shape index (κ2) is 9.86. The van der Waals surface area contributed by atoms with Crippen LogP contribution < -0.4 is 15.6 Å². The van der Waals surface area contributed by atoms with Crippen LogP contribution in [0.1, 0.15) is 41.6 Å². The molecule has 1 aliphatic carbocycles. The third-order valence-corrected chi connectivity index (χ3v) is 6.89. The molecule has 160 valence electrons. The van der Waals surface area contributed by atoms with Crippen molar-refractivity contribution in [3.05, 3.63) is 65.7 Å². The largest absolute Gasteiger partial charge is 0.273 e. The molecule has 1 fully saturated rings. The third kappa shape index (κ3) is 5.90. The van der Waals surface area contributed by atoms with Gasteiger partial charge in [0.25, 0.3) is 5.91 Å². The van der Waals surface area contributed by atoms with Crippen LogP contribution in [-0.4, -0.2) is 26.8 Å². The SMILES string of the molecule is Cc1ccc(S(=O)(=O)NCC2CCC(C(=O)NNC(=O)c3ccccc3)CC2)cc1. The van der Waals surface area contributed by atoms with E-state index in [0.29, 0.717) is 24.9 Å². The van der Waals surface area contributed by atoms with Crippen LogP contribution in [-0.2, 0) is 14.8 Å². The van der Waals surface area contributed by atoms with E-state index in [-0.39, 0.29) is 28.5 Å². The first kappa shape index (κ1) is 22.0. The van der Waals surface area contributed by atoms with Crippen LogP contribution >= 0.6 is 0 Å². The monoisotopic (exact) mass is 429 g/mol. The molecule has 8 heteroatoms. The quantitative estimate of drug-likeness (QED) is 0.614. The molecule has 2 aromatic rings. The van der Waals surface area contributed by atoms with Crippen molar-refractivity contribution in [1.82, 2.24) is 15.6 Å². The molecule has 0 saturated heterocycles. The van der Waals surface area contributed by atoms with Crippen molar-refractivity contribution >= 4 is 21.8 Å². The van der Waals surface area contributed by atoms with Gasteiger partial charge in [-0.2, -0.15) is 0 Å². The Morgan fingerprint density at radius 3 is 2.17 bits per heavy atom. The zero-order valence-corrected chi connectivity index (χ0v) is 17.7. The highest BCUT2D eigenvalue weighted by Crippen LogP contribution is 2.28. The second-order valence-electron chi connectivity index (χ2n) is 7.69. The Balaban J connectivity index is 1.41. The average Bonchev–Trinajstić information content (AvgIpc) is 2.77. The van der Waals surface area contributed by atoms with Gasteiger partial charge in [-0.3, -0.25) is 20.4 Å². The van der Waals surface area contributed by atoms with E-state index in [1.54, 1.807) is 48.5 Å². The fraction of sp³-hybridized carbons (Fsp3) is 0.364. The van der Waals surface area contributed by atoms with Crippen LogP contribution in [0.5, 0.6) is 0 Å². The second-order valence-corrected chi connectivity index (χ2v) is 9.46. The predicted octanol–water partition coefficient (Wildman–Crippen LogP) is 2.54. The summed E-state index contributed by atoms with van der Waals surface area (Å²) in [4.78, 5) is 24.6. The van der Waals surface area contributed by atoms with E-state index < -0.39 is 10.0 Å². The van der Waals surface area contributed by atoms with E-state index in [0.717, 1.165) is 18.4 Å². The van der Waals surface area contributed by atoms with E-state index in [4.69, 9.17) is 0 Å². The van der Waals surface area contributed by atoms with Gasteiger partial charge < -0.3 is 0 Å². The number of carbonyl (C=O) groups excluding carboxylic acids is 2. The number of hydrogen-bond acceptors (Lipinski definition) is 4. The molecule has 30 heavy (non-hydrogen) atoms. The van der Waals surface area contributed by atoms with Crippen molar-refractivity contribution in [2.45, 2.75) is 37.5 Å². The standard InChI is InChI=1S/C22H27N3O4S/c1-16-7-13-20(14-8-16)30(28,29)23-15-17-9-11-19(12-10-17)22(27)25-24-21(26)18-5-3-2-4-6-18/h2-8,13-14,17,19,23H,9-12,15H2,1H3,(H,24,26)(H,25,27). The van der Waals surface area contributed by atoms with Gasteiger partial charge in [-0.1, -0.05) is 35.9 Å². The minimum atomic E-state index is -3.53. The number of carbonyl (C=O) groups is 2. The van der Waals surface area contributed by atoms with Gasteiger partial charge in [0.15, 0.2) is 0 Å². The Morgan fingerprint density at radius 2 is 1.53 bits per heavy atom. The van der Waals surface area contributed by atoms with E-state index in [1.807, 2.05) is 13.0 Å². The number of aryl methyl sites for hydroxylation is 1. The molecule has 2 amide bonds. The molecule has 1 aliphatic rings. The number of amides is 2. The minimum absolute atomic E-state index is 0.188. The van der Waals surface area contributed by atoms with E-state index in [9.17, 15) is 18.0 Å². The molecule has 7 nitrogen and oxygen atoms in total. The van der Waals surface area contributed by atoms with Crippen LogP contribution in [0.2, 0.25) is 0 Å². The average molecular weight is 430 g/mol. The summed E-state index contributed by atoms with van der Waals surface area (Å²) in [6.07, 6.45) is 2.82. The lowest BCUT2D eigenvalue weighted by Gasteiger charge is -2.27. The summed E-state index contributed by atoms with van der Waals surface area (Å²) in [5.74, 6) is -0.569. The predicted molar refractivity (Wildman–Crippen MR) is 114 cm³/mol. The van der Waals surface area contributed by atoms with Crippen molar-refractivity contribution in [2.75, 3.05) is 6.54 Å². The fourth-order valence-electron chi connectivity index (χ4n) is 3.54. The van der Waals surface area contributed by atoms with Gasteiger partial charge in [-0.25, -0.2) is 13.1 Å². The van der Waals surface area contributed by atoms with Gasteiger partial charge in [0.2, 0.25) is 15.9 Å². The molecule has 1 saturated carbocycles. The van der Waals surface area contributed by atoms with E-state index in [2.05, 4.69) is 15.6 Å². The van der Waals surface area contributed by atoms with Crippen LogP contribution in [0.4, 0.5) is 0 Å². The lowest BCUT2D eigenvalue weighted by molar-refractivity contribution is -0.127. The lowest BCUT2D eigenvalue weighted by Crippen LogP contribution is -2.45. The fourth-order valence-corrected chi connectivity index (χ4v) is 4.66. The van der Waals surface area contributed by atoms with Gasteiger partial charge in [0, 0.05) is 18.0 Å². The lowest BCUT2D eigenvalue weighted by atomic mass is 9.82. The number of rotatable bonds is 6. The van der Waals surface area contributed by atoms with Gasteiger partial charge in [-0.15, -0.1) is 0 Å². The maximum atomic E-state index is 12.4. The van der Waals surface area contributed by atoms with Gasteiger partial charge >= 0.3 is 0 Å². The molecule has 2 aromatic carbocycles. The summed E-state index contributed by atoms with van der Waals surface area (Å²) in [5, 5.41) is 0. The summed E-state index contributed by atoms with van der Waals surface area (Å²) in [6, 6.07) is 15.4. The van der Waals surface area contributed by atoms with Crippen LogP contribution in [0.3, 0.4) is 0 Å². The zero-order valence-electron chi connectivity index (χ0n) is 16.9. The number of hydrogen-bond donors (Lipinski definition) is 3. The zero-order chi connectivity index (χ0) is 21.6. The number of nitrogens with one attached hydrogen (secondary N) is 3. The molecule has 0 aliphatic heterocycles. The highest BCUT2D eigenvalue weighted by atomic mass is 32.2. The molecular weight excluding hydrogens is 402 g/mol. The van der Waals surface area contributed by atoms with Crippen molar-refractivity contribution in [3.63, 3.8) is 0 Å². The molecule has 0 atom stereocenters. The van der Waals surface area contributed by atoms with Crippen molar-refractivity contribution in [2.24, 2.45) is 11.8 Å². The first-order valence-electron chi connectivity index (χ1n) is 10.1. The third-order valence-electron chi connectivity index (χ3n) is 5.45. The summed E-state index contributed by atoms with van der Waals surface area (Å²) in [7, 11) is -3.53. The maximum Gasteiger partial charge on any atom is 0.269 e. The van der Waals surface area contributed by atoms with Crippen molar-refractivity contribution in [3.8, 4) is 0 Å². The van der Waals surface area contributed by atoms with Crippen molar-refractivity contribution < 1.29 is 18.0 Å². The number of sulfonamides is 1. The van der Waals surface area contributed by atoms with Gasteiger partial charge in [0.1, 0.15) is 0 Å². The molecule has 3 N–H and O–H groups in total. The molecule has 0 heterocycles.